The van der Waals surface area contributed by atoms with E-state index in [9.17, 15) is 4.39 Å². The molecule has 6 nitrogen and oxygen atoms in total. The average molecular weight is 313 g/mol. The largest absolute Gasteiger partial charge is 0.481 e. The van der Waals surface area contributed by atoms with Crippen molar-refractivity contribution in [2.45, 2.75) is 6.04 Å². The number of anilines is 1. The molecule has 0 saturated heterocycles. The highest BCUT2D eigenvalue weighted by atomic mass is 19.1. The van der Waals surface area contributed by atoms with Gasteiger partial charge in [0.2, 0.25) is 11.8 Å². The van der Waals surface area contributed by atoms with Crippen LogP contribution in [0, 0.1) is 5.82 Å². The molecule has 0 radical (unpaired) electrons. The molecule has 0 fully saturated rings. The lowest BCUT2D eigenvalue weighted by Gasteiger charge is -2.19. The lowest BCUT2D eigenvalue weighted by atomic mass is 10.1. The minimum absolute atomic E-state index is 0.310. The number of aryl methyl sites for hydroxylation is 1. The summed E-state index contributed by atoms with van der Waals surface area (Å²) in [5.41, 5.74) is 0.728. The van der Waals surface area contributed by atoms with Gasteiger partial charge in [0.25, 0.3) is 0 Å². The van der Waals surface area contributed by atoms with Crippen LogP contribution in [-0.4, -0.2) is 26.6 Å². The zero-order valence-corrected chi connectivity index (χ0v) is 12.8. The van der Waals surface area contributed by atoms with Gasteiger partial charge in [0, 0.05) is 31.7 Å². The maximum Gasteiger partial charge on any atom is 0.226 e. The zero-order chi connectivity index (χ0) is 16.2. The highest BCUT2D eigenvalue weighted by Crippen LogP contribution is 2.25. The topological polar surface area (TPSA) is 64.9 Å². The van der Waals surface area contributed by atoms with Crippen LogP contribution in [0.15, 0.2) is 48.9 Å². The molecule has 2 heterocycles. The van der Waals surface area contributed by atoms with Crippen LogP contribution in [0.5, 0.6) is 5.88 Å². The Bertz CT molecular complexity index is 804. The lowest BCUT2D eigenvalue weighted by Crippen LogP contribution is -2.18. The maximum atomic E-state index is 13.6. The first-order chi connectivity index (χ1) is 11.2. The van der Waals surface area contributed by atoms with Crippen molar-refractivity contribution in [1.29, 1.82) is 0 Å². The number of aromatic nitrogens is 4. The minimum atomic E-state index is -0.391. The second kappa shape index (κ2) is 6.43. The van der Waals surface area contributed by atoms with Gasteiger partial charge in [-0.3, -0.25) is 0 Å². The Morgan fingerprint density at radius 3 is 2.78 bits per heavy atom. The number of hydrogen-bond donors (Lipinski definition) is 1. The van der Waals surface area contributed by atoms with Gasteiger partial charge in [0.1, 0.15) is 17.7 Å². The number of nitrogens with one attached hydrogen (secondary N) is 1. The number of ether oxygens (including phenoxy) is 1. The monoisotopic (exact) mass is 313 g/mol. The molecule has 3 rings (SSSR count). The molecule has 0 bridgehead atoms. The fourth-order valence-corrected chi connectivity index (χ4v) is 2.29. The van der Waals surface area contributed by atoms with Gasteiger partial charge in [0.05, 0.1) is 7.11 Å². The van der Waals surface area contributed by atoms with E-state index in [0.717, 1.165) is 11.4 Å². The second-order valence-electron chi connectivity index (χ2n) is 4.95. The summed E-state index contributed by atoms with van der Waals surface area (Å²) < 4.78 is 20.6. The van der Waals surface area contributed by atoms with Gasteiger partial charge in [-0.15, -0.1) is 0 Å². The van der Waals surface area contributed by atoms with E-state index < -0.39 is 6.04 Å². The van der Waals surface area contributed by atoms with Gasteiger partial charge in [-0.25, -0.2) is 14.4 Å². The predicted molar refractivity (Wildman–Crippen MR) is 83.7 cm³/mol. The molecule has 1 atom stereocenters. The van der Waals surface area contributed by atoms with Crippen molar-refractivity contribution < 1.29 is 9.13 Å². The van der Waals surface area contributed by atoms with E-state index in [1.807, 2.05) is 23.9 Å². The van der Waals surface area contributed by atoms with Crippen LogP contribution in [-0.2, 0) is 7.05 Å². The van der Waals surface area contributed by atoms with Crippen LogP contribution in [0.2, 0.25) is 0 Å². The molecule has 118 valence electrons. The zero-order valence-electron chi connectivity index (χ0n) is 12.8. The molecule has 0 spiro atoms. The Kier molecular flexibility index (Phi) is 4.18. The standard InChI is InChI=1S/C16H16FN5O/c1-22-9-8-18-15(22)14(11-4-3-5-12(17)10-11)21-16-19-7-6-13(20-16)23-2/h3-10,14H,1-2H3,(H,19,20,21). The summed E-state index contributed by atoms with van der Waals surface area (Å²) in [4.78, 5) is 12.8. The molecule has 0 aliphatic carbocycles. The smallest absolute Gasteiger partial charge is 0.226 e. The summed E-state index contributed by atoms with van der Waals surface area (Å²) in [5, 5.41) is 3.19. The number of nitrogens with zero attached hydrogens (tertiary/aromatic N) is 4. The molecule has 1 aromatic carbocycles. The molecular formula is C16H16FN5O. The summed E-state index contributed by atoms with van der Waals surface area (Å²) in [7, 11) is 3.41. The molecule has 7 heteroatoms. The molecule has 0 saturated carbocycles. The Morgan fingerprint density at radius 2 is 2.09 bits per heavy atom. The Labute approximate surface area is 133 Å². The van der Waals surface area contributed by atoms with Gasteiger partial charge < -0.3 is 14.6 Å². The van der Waals surface area contributed by atoms with Crippen molar-refractivity contribution >= 4 is 5.95 Å². The number of hydrogen-bond acceptors (Lipinski definition) is 5. The first kappa shape index (κ1) is 15.0. The molecule has 0 aliphatic heterocycles. The van der Waals surface area contributed by atoms with E-state index in [2.05, 4.69) is 20.3 Å². The lowest BCUT2D eigenvalue weighted by molar-refractivity contribution is 0.397. The minimum Gasteiger partial charge on any atom is -0.481 e. The summed E-state index contributed by atoms with van der Waals surface area (Å²) in [5.74, 6) is 1.24. The van der Waals surface area contributed by atoms with E-state index in [4.69, 9.17) is 4.74 Å². The first-order valence-electron chi connectivity index (χ1n) is 7.03. The van der Waals surface area contributed by atoms with Crippen LogP contribution in [0.25, 0.3) is 0 Å². The van der Waals surface area contributed by atoms with Crippen molar-refractivity contribution in [2.75, 3.05) is 12.4 Å². The summed E-state index contributed by atoms with van der Waals surface area (Å²) >= 11 is 0. The fourth-order valence-electron chi connectivity index (χ4n) is 2.29. The number of benzene rings is 1. The molecule has 1 N–H and O–H groups in total. The van der Waals surface area contributed by atoms with E-state index in [0.29, 0.717) is 11.8 Å². The Balaban J connectivity index is 2.00. The van der Waals surface area contributed by atoms with Gasteiger partial charge in [0.15, 0.2) is 0 Å². The van der Waals surface area contributed by atoms with Gasteiger partial charge >= 0.3 is 0 Å². The van der Waals surface area contributed by atoms with E-state index in [1.54, 1.807) is 24.5 Å². The normalized spacial score (nSPS) is 12.0. The molecule has 23 heavy (non-hydrogen) atoms. The third kappa shape index (κ3) is 3.28. The third-order valence-corrected chi connectivity index (χ3v) is 3.41. The van der Waals surface area contributed by atoms with E-state index in [1.165, 1.54) is 19.2 Å². The van der Waals surface area contributed by atoms with E-state index in [-0.39, 0.29) is 5.82 Å². The van der Waals surface area contributed by atoms with Crippen LogP contribution < -0.4 is 10.1 Å². The first-order valence-corrected chi connectivity index (χ1v) is 7.03. The van der Waals surface area contributed by atoms with Gasteiger partial charge in [-0.2, -0.15) is 4.98 Å². The number of imidazole rings is 1. The van der Waals surface area contributed by atoms with Gasteiger partial charge in [-0.05, 0) is 17.7 Å². The van der Waals surface area contributed by atoms with Crippen molar-refractivity contribution in [2.24, 2.45) is 7.05 Å². The number of halogens is 1. The Morgan fingerprint density at radius 1 is 1.22 bits per heavy atom. The van der Waals surface area contributed by atoms with Crippen LogP contribution in [0.1, 0.15) is 17.4 Å². The maximum absolute atomic E-state index is 13.6. The predicted octanol–water partition coefficient (Wildman–Crippen LogP) is 2.56. The summed E-state index contributed by atoms with van der Waals surface area (Å²) in [6, 6.07) is 7.62. The molecular weight excluding hydrogens is 297 g/mol. The van der Waals surface area contributed by atoms with E-state index >= 15 is 0 Å². The van der Waals surface area contributed by atoms with Crippen LogP contribution >= 0.6 is 0 Å². The summed E-state index contributed by atoms with van der Waals surface area (Å²) in [6.07, 6.45) is 5.11. The molecule has 0 aliphatic rings. The Hall–Kier alpha value is -2.96. The molecule has 0 amide bonds. The highest BCUT2D eigenvalue weighted by Gasteiger charge is 2.20. The second-order valence-corrected chi connectivity index (χ2v) is 4.95. The quantitative estimate of drug-likeness (QED) is 0.784. The van der Waals surface area contributed by atoms with Crippen molar-refractivity contribution in [3.05, 3.63) is 66.1 Å². The average Bonchev–Trinajstić information content (AvgIpc) is 2.98. The SMILES string of the molecule is COc1ccnc(NC(c2cccc(F)c2)c2nccn2C)n1. The third-order valence-electron chi connectivity index (χ3n) is 3.41. The summed E-state index contributed by atoms with van der Waals surface area (Å²) in [6.45, 7) is 0. The van der Waals surface area contributed by atoms with Gasteiger partial charge in [-0.1, -0.05) is 12.1 Å². The number of methoxy groups -OCH3 is 1. The highest BCUT2D eigenvalue weighted by molar-refractivity contribution is 5.38. The molecule has 3 aromatic rings. The molecule has 1 unspecified atom stereocenters. The van der Waals surface area contributed by atoms with Crippen molar-refractivity contribution in [1.82, 2.24) is 19.5 Å². The van der Waals surface area contributed by atoms with Crippen molar-refractivity contribution in [3.8, 4) is 5.88 Å². The number of rotatable bonds is 5. The van der Waals surface area contributed by atoms with Crippen molar-refractivity contribution in [3.63, 3.8) is 0 Å². The van der Waals surface area contributed by atoms with Crippen LogP contribution in [0.3, 0.4) is 0 Å². The van der Waals surface area contributed by atoms with Crippen LogP contribution in [0.4, 0.5) is 10.3 Å². The molecule has 2 aromatic heterocycles. The fraction of sp³-hybridized carbons (Fsp3) is 0.188.